The summed E-state index contributed by atoms with van der Waals surface area (Å²) < 4.78 is 4.65. The van der Waals surface area contributed by atoms with Gasteiger partial charge in [-0.15, -0.1) is 0 Å². The number of hydrogen-bond acceptors (Lipinski definition) is 3. The molecule has 0 unspecified atom stereocenters. The average molecular weight is 236 g/mol. The van der Waals surface area contributed by atoms with E-state index in [1.807, 2.05) is 6.07 Å². The molecule has 0 radical (unpaired) electrons. The van der Waals surface area contributed by atoms with E-state index in [1.54, 1.807) is 6.07 Å². The van der Waals surface area contributed by atoms with Crippen molar-refractivity contribution in [2.45, 2.75) is 39.5 Å². The zero-order valence-electron chi connectivity index (χ0n) is 10.7. The van der Waals surface area contributed by atoms with Crippen LogP contribution in [0.5, 0.6) is 5.75 Å². The Morgan fingerprint density at radius 2 is 1.88 bits per heavy atom. The molecule has 3 heteroatoms. The van der Waals surface area contributed by atoms with Gasteiger partial charge in [0.2, 0.25) is 0 Å². The van der Waals surface area contributed by atoms with E-state index in [0.29, 0.717) is 0 Å². The van der Waals surface area contributed by atoms with Crippen molar-refractivity contribution < 1.29 is 14.6 Å². The van der Waals surface area contributed by atoms with Gasteiger partial charge in [-0.3, -0.25) is 0 Å². The van der Waals surface area contributed by atoms with Gasteiger partial charge in [-0.05, 0) is 30.0 Å². The van der Waals surface area contributed by atoms with Crippen molar-refractivity contribution in [1.82, 2.24) is 0 Å². The summed E-state index contributed by atoms with van der Waals surface area (Å²) in [5.41, 5.74) is 2.27. The largest absolute Gasteiger partial charge is 0.507 e. The van der Waals surface area contributed by atoms with E-state index >= 15 is 0 Å². The van der Waals surface area contributed by atoms with Gasteiger partial charge in [0.05, 0.1) is 7.11 Å². The fourth-order valence-electron chi connectivity index (χ4n) is 1.99. The first-order valence-corrected chi connectivity index (χ1v) is 6.07. The molecule has 1 rings (SSSR count). The molecule has 0 heterocycles. The molecule has 0 aliphatic heterocycles. The van der Waals surface area contributed by atoms with Gasteiger partial charge in [-0.25, -0.2) is 4.79 Å². The maximum absolute atomic E-state index is 11.5. The lowest BCUT2D eigenvalue weighted by atomic mass is 9.96. The highest BCUT2D eigenvalue weighted by Crippen LogP contribution is 2.28. The molecule has 0 fully saturated rings. The average Bonchev–Trinajstić information content (AvgIpc) is 2.33. The second-order valence-electron chi connectivity index (χ2n) is 4.09. The number of ether oxygens (including phenoxy) is 1. The lowest BCUT2D eigenvalue weighted by Crippen LogP contribution is -2.05. The lowest BCUT2D eigenvalue weighted by Gasteiger charge is -2.13. The molecule has 0 aliphatic rings. The van der Waals surface area contributed by atoms with Crippen LogP contribution in [0.1, 0.15) is 48.2 Å². The topological polar surface area (TPSA) is 46.5 Å². The minimum Gasteiger partial charge on any atom is -0.507 e. The summed E-state index contributed by atoms with van der Waals surface area (Å²) in [7, 11) is 1.32. The van der Waals surface area contributed by atoms with Gasteiger partial charge >= 0.3 is 5.97 Å². The molecule has 0 amide bonds. The number of benzene rings is 1. The molecule has 1 aromatic rings. The summed E-state index contributed by atoms with van der Waals surface area (Å²) in [5, 5.41) is 10.1. The summed E-state index contributed by atoms with van der Waals surface area (Å²) in [6.45, 7) is 4.15. The Labute approximate surface area is 102 Å². The Balaban J connectivity index is 3.22. The number of aryl methyl sites for hydroxylation is 1. The Bertz CT molecular complexity index is 397. The summed E-state index contributed by atoms with van der Waals surface area (Å²) in [5.74, 6) is -0.396. The molecule has 0 saturated heterocycles. The predicted molar refractivity (Wildman–Crippen MR) is 67.4 cm³/mol. The number of hydrogen-bond donors (Lipinski definition) is 1. The zero-order valence-corrected chi connectivity index (χ0v) is 10.7. The normalized spacial score (nSPS) is 10.3. The molecule has 0 aliphatic carbocycles. The van der Waals surface area contributed by atoms with Crippen LogP contribution in [0.3, 0.4) is 0 Å². The van der Waals surface area contributed by atoms with Gasteiger partial charge in [-0.2, -0.15) is 0 Å². The van der Waals surface area contributed by atoms with E-state index in [0.717, 1.165) is 36.8 Å². The number of carbonyl (C=O) groups excluding carboxylic acids is 1. The minimum absolute atomic E-state index is 0.0876. The van der Waals surface area contributed by atoms with Crippen LogP contribution in [-0.2, 0) is 17.6 Å². The summed E-state index contributed by atoms with van der Waals surface area (Å²) >= 11 is 0. The molecular weight excluding hydrogens is 216 g/mol. The van der Waals surface area contributed by atoms with Crippen LogP contribution in [0, 0.1) is 0 Å². The van der Waals surface area contributed by atoms with E-state index in [4.69, 9.17) is 0 Å². The van der Waals surface area contributed by atoms with Gasteiger partial charge in [0.15, 0.2) is 0 Å². The second kappa shape index (κ2) is 6.28. The smallest absolute Gasteiger partial charge is 0.341 e. The molecular formula is C14H20O3. The number of esters is 1. The van der Waals surface area contributed by atoms with Crippen LogP contribution in [0.25, 0.3) is 0 Å². The third kappa shape index (κ3) is 2.99. The van der Waals surface area contributed by atoms with Crippen LogP contribution in [0.2, 0.25) is 0 Å². The number of methoxy groups -OCH3 is 1. The van der Waals surface area contributed by atoms with E-state index in [1.165, 1.54) is 7.11 Å². The zero-order chi connectivity index (χ0) is 12.8. The molecule has 0 aromatic heterocycles. The highest BCUT2D eigenvalue weighted by atomic mass is 16.5. The van der Waals surface area contributed by atoms with Crippen molar-refractivity contribution in [2.75, 3.05) is 7.11 Å². The third-order valence-corrected chi connectivity index (χ3v) is 2.80. The van der Waals surface area contributed by atoms with Crippen molar-refractivity contribution in [1.29, 1.82) is 0 Å². The predicted octanol–water partition coefficient (Wildman–Crippen LogP) is 3.08. The first-order chi connectivity index (χ1) is 8.15. The van der Waals surface area contributed by atoms with Crippen LogP contribution in [0.4, 0.5) is 0 Å². The first-order valence-electron chi connectivity index (χ1n) is 6.07. The molecule has 1 aromatic carbocycles. The van der Waals surface area contributed by atoms with Gasteiger partial charge in [-0.1, -0.05) is 32.8 Å². The Hall–Kier alpha value is -1.51. The Morgan fingerprint density at radius 1 is 1.24 bits per heavy atom. The number of carbonyl (C=O) groups is 1. The van der Waals surface area contributed by atoms with Gasteiger partial charge in [0.1, 0.15) is 11.3 Å². The van der Waals surface area contributed by atoms with Crippen molar-refractivity contribution in [3.05, 3.63) is 28.8 Å². The second-order valence-corrected chi connectivity index (χ2v) is 4.09. The number of rotatable bonds is 5. The van der Waals surface area contributed by atoms with Crippen LogP contribution in [-0.4, -0.2) is 18.2 Å². The highest BCUT2D eigenvalue weighted by Gasteiger charge is 2.17. The first kappa shape index (κ1) is 13.6. The molecule has 3 nitrogen and oxygen atoms in total. The molecule has 0 atom stereocenters. The van der Waals surface area contributed by atoms with Gasteiger partial charge < -0.3 is 9.84 Å². The van der Waals surface area contributed by atoms with E-state index in [2.05, 4.69) is 18.6 Å². The van der Waals surface area contributed by atoms with E-state index in [9.17, 15) is 9.90 Å². The fourth-order valence-corrected chi connectivity index (χ4v) is 1.99. The molecule has 0 bridgehead atoms. The van der Waals surface area contributed by atoms with Crippen LogP contribution < -0.4 is 0 Å². The summed E-state index contributed by atoms with van der Waals surface area (Å²) in [4.78, 5) is 11.5. The molecule has 17 heavy (non-hydrogen) atoms. The molecule has 0 saturated carbocycles. The maximum Gasteiger partial charge on any atom is 0.341 e. The van der Waals surface area contributed by atoms with Crippen LogP contribution >= 0.6 is 0 Å². The number of phenolic OH excluding ortho intramolecular Hbond substituents is 1. The van der Waals surface area contributed by atoms with E-state index < -0.39 is 5.97 Å². The monoisotopic (exact) mass is 236 g/mol. The highest BCUT2D eigenvalue weighted by molar-refractivity contribution is 5.93. The van der Waals surface area contributed by atoms with E-state index in [-0.39, 0.29) is 11.3 Å². The standard InChI is InChI=1S/C14H20O3/c1-4-6-10-8-9-12(14(16)17-3)13(15)11(10)7-5-2/h8-9,15H,4-7H2,1-3H3. The van der Waals surface area contributed by atoms with Gasteiger partial charge in [0, 0.05) is 0 Å². The van der Waals surface area contributed by atoms with Gasteiger partial charge in [0.25, 0.3) is 0 Å². The minimum atomic E-state index is -0.483. The van der Waals surface area contributed by atoms with Crippen molar-refractivity contribution in [3.8, 4) is 5.75 Å². The molecule has 0 spiro atoms. The summed E-state index contributed by atoms with van der Waals surface area (Å²) in [6, 6.07) is 3.56. The van der Waals surface area contributed by atoms with Crippen molar-refractivity contribution in [2.24, 2.45) is 0 Å². The number of phenols is 1. The number of aromatic hydroxyl groups is 1. The fraction of sp³-hybridized carbons (Fsp3) is 0.500. The maximum atomic E-state index is 11.5. The lowest BCUT2D eigenvalue weighted by molar-refractivity contribution is 0.0597. The van der Waals surface area contributed by atoms with Crippen LogP contribution in [0.15, 0.2) is 12.1 Å². The molecule has 94 valence electrons. The van der Waals surface area contributed by atoms with Crippen molar-refractivity contribution in [3.63, 3.8) is 0 Å². The Morgan fingerprint density at radius 3 is 2.41 bits per heavy atom. The molecule has 1 N–H and O–H groups in total. The SMILES string of the molecule is CCCc1ccc(C(=O)OC)c(O)c1CCC. The third-order valence-electron chi connectivity index (χ3n) is 2.80. The Kier molecular flexibility index (Phi) is 5.01. The van der Waals surface area contributed by atoms with Crippen molar-refractivity contribution >= 4 is 5.97 Å². The summed E-state index contributed by atoms with van der Waals surface area (Å²) in [6.07, 6.45) is 3.67. The quantitative estimate of drug-likeness (QED) is 0.799.